The zero-order valence-electron chi connectivity index (χ0n) is 14.3. The summed E-state index contributed by atoms with van der Waals surface area (Å²) in [5.41, 5.74) is 2.43. The predicted octanol–water partition coefficient (Wildman–Crippen LogP) is 3.80. The van der Waals surface area contributed by atoms with Crippen LogP contribution in [0.1, 0.15) is 28.8 Å². The summed E-state index contributed by atoms with van der Waals surface area (Å²) in [5.74, 6) is -0.184. The number of nitrogens with zero attached hydrogens (tertiary/aromatic N) is 2. The maximum Gasteiger partial charge on any atom is 0.270 e. The zero-order valence-corrected chi connectivity index (χ0v) is 15.0. The number of nitrogens with one attached hydrogen (secondary N) is 1. The topological polar surface area (TPSA) is 92.6 Å². The molecule has 0 spiro atoms. The maximum absolute atomic E-state index is 12.5. The standard InChI is InChI=1S/C19H16ClN3O4/c20-16-10-14(23(26)27)5-6-15(16)18(24)21-13-4-3-11-7-8-22(17(11)9-13)19(25)12-1-2-12/h3-6,9-10,12H,1-2,7-8H2,(H,21,24). The fourth-order valence-corrected chi connectivity index (χ4v) is 3.50. The summed E-state index contributed by atoms with van der Waals surface area (Å²) in [6.07, 6.45) is 2.69. The quantitative estimate of drug-likeness (QED) is 0.640. The van der Waals surface area contributed by atoms with Gasteiger partial charge in [0.25, 0.3) is 11.6 Å². The van der Waals surface area contributed by atoms with Crippen LogP contribution in [0.25, 0.3) is 0 Å². The Kier molecular flexibility index (Phi) is 4.31. The van der Waals surface area contributed by atoms with Crippen molar-refractivity contribution in [3.05, 3.63) is 62.7 Å². The molecule has 1 aliphatic heterocycles. The summed E-state index contributed by atoms with van der Waals surface area (Å²) in [4.78, 5) is 36.9. The van der Waals surface area contributed by atoms with Crippen LogP contribution in [-0.4, -0.2) is 23.3 Å². The highest BCUT2D eigenvalue weighted by Gasteiger charge is 2.36. The molecule has 2 aliphatic rings. The molecular formula is C19H16ClN3O4. The minimum absolute atomic E-state index is 0.00778. The number of halogens is 1. The number of hydrogen-bond donors (Lipinski definition) is 1. The molecule has 0 saturated heterocycles. The van der Waals surface area contributed by atoms with Crippen molar-refractivity contribution in [3.63, 3.8) is 0 Å². The van der Waals surface area contributed by atoms with Gasteiger partial charge in [0.2, 0.25) is 5.91 Å². The molecule has 2 amide bonds. The first-order valence-corrected chi connectivity index (χ1v) is 9.01. The van der Waals surface area contributed by atoms with Crippen molar-refractivity contribution in [3.8, 4) is 0 Å². The average molecular weight is 386 g/mol. The summed E-state index contributed by atoms with van der Waals surface area (Å²) in [6.45, 7) is 0.663. The highest BCUT2D eigenvalue weighted by Crippen LogP contribution is 2.37. The van der Waals surface area contributed by atoms with Crippen LogP contribution in [0.4, 0.5) is 17.1 Å². The van der Waals surface area contributed by atoms with E-state index in [-0.39, 0.29) is 28.1 Å². The first kappa shape index (κ1) is 17.5. The van der Waals surface area contributed by atoms with Gasteiger partial charge in [-0.25, -0.2) is 0 Å². The van der Waals surface area contributed by atoms with Crippen molar-refractivity contribution in [1.29, 1.82) is 0 Å². The maximum atomic E-state index is 12.5. The molecule has 1 saturated carbocycles. The van der Waals surface area contributed by atoms with Gasteiger partial charge < -0.3 is 10.2 Å². The molecule has 2 aromatic carbocycles. The monoisotopic (exact) mass is 385 g/mol. The highest BCUT2D eigenvalue weighted by atomic mass is 35.5. The van der Waals surface area contributed by atoms with Gasteiger partial charge in [0.05, 0.1) is 15.5 Å². The van der Waals surface area contributed by atoms with Gasteiger partial charge in [-0.05, 0) is 43.0 Å². The van der Waals surface area contributed by atoms with E-state index in [2.05, 4.69) is 5.32 Å². The molecule has 0 radical (unpaired) electrons. The van der Waals surface area contributed by atoms with Gasteiger partial charge in [-0.3, -0.25) is 19.7 Å². The Bertz CT molecular complexity index is 971. The van der Waals surface area contributed by atoms with Crippen molar-refractivity contribution in [2.24, 2.45) is 5.92 Å². The number of amides is 2. The van der Waals surface area contributed by atoms with Crippen molar-refractivity contribution < 1.29 is 14.5 Å². The molecule has 7 nitrogen and oxygen atoms in total. The number of carbonyl (C=O) groups is 2. The second-order valence-electron chi connectivity index (χ2n) is 6.73. The molecule has 0 bridgehead atoms. The van der Waals surface area contributed by atoms with Gasteiger partial charge in [-0.2, -0.15) is 0 Å². The van der Waals surface area contributed by atoms with E-state index in [0.29, 0.717) is 12.2 Å². The lowest BCUT2D eigenvalue weighted by atomic mass is 10.1. The van der Waals surface area contributed by atoms with E-state index in [9.17, 15) is 19.7 Å². The van der Waals surface area contributed by atoms with E-state index >= 15 is 0 Å². The number of nitro benzene ring substituents is 1. The molecule has 2 aromatic rings. The van der Waals surface area contributed by atoms with Crippen molar-refractivity contribution in [1.82, 2.24) is 0 Å². The van der Waals surface area contributed by atoms with Crippen LogP contribution in [0.2, 0.25) is 5.02 Å². The number of carbonyl (C=O) groups excluding carboxylic acids is 2. The fraction of sp³-hybridized carbons (Fsp3) is 0.263. The third-order valence-electron chi connectivity index (χ3n) is 4.84. The molecule has 0 aromatic heterocycles. The van der Waals surface area contributed by atoms with Crippen LogP contribution < -0.4 is 10.2 Å². The summed E-state index contributed by atoms with van der Waals surface area (Å²) in [5, 5.41) is 13.5. The van der Waals surface area contributed by atoms with E-state index in [1.807, 2.05) is 6.07 Å². The largest absolute Gasteiger partial charge is 0.322 e. The smallest absolute Gasteiger partial charge is 0.270 e. The lowest BCUT2D eigenvalue weighted by Gasteiger charge is -2.18. The van der Waals surface area contributed by atoms with E-state index in [1.54, 1.807) is 17.0 Å². The third kappa shape index (κ3) is 3.38. The molecule has 0 atom stereocenters. The summed E-state index contributed by atoms with van der Waals surface area (Å²) >= 11 is 6.02. The van der Waals surface area contributed by atoms with Crippen LogP contribution in [0.15, 0.2) is 36.4 Å². The lowest BCUT2D eigenvalue weighted by molar-refractivity contribution is -0.384. The van der Waals surface area contributed by atoms with E-state index < -0.39 is 10.8 Å². The number of non-ortho nitro benzene ring substituents is 1. The van der Waals surface area contributed by atoms with Gasteiger partial charge in [0, 0.05) is 36.0 Å². The number of fused-ring (bicyclic) bond motifs is 1. The second-order valence-corrected chi connectivity index (χ2v) is 7.14. The summed E-state index contributed by atoms with van der Waals surface area (Å²) in [6, 6.07) is 9.18. The third-order valence-corrected chi connectivity index (χ3v) is 5.15. The number of benzene rings is 2. The first-order valence-electron chi connectivity index (χ1n) is 8.63. The molecule has 4 rings (SSSR count). The van der Waals surface area contributed by atoms with Gasteiger partial charge in [-0.15, -0.1) is 0 Å². The normalized spacial score (nSPS) is 15.4. The molecule has 27 heavy (non-hydrogen) atoms. The summed E-state index contributed by atoms with van der Waals surface area (Å²) < 4.78 is 0. The average Bonchev–Trinajstić information content (AvgIpc) is 3.40. The van der Waals surface area contributed by atoms with E-state index in [4.69, 9.17) is 11.6 Å². The number of rotatable bonds is 4. The Morgan fingerprint density at radius 1 is 1.19 bits per heavy atom. The van der Waals surface area contributed by atoms with Crippen molar-refractivity contribution in [2.45, 2.75) is 19.3 Å². The Balaban J connectivity index is 1.55. The van der Waals surface area contributed by atoms with Crippen molar-refractivity contribution in [2.75, 3.05) is 16.8 Å². The molecule has 1 heterocycles. The van der Waals surface area contributed by atoms with Gasteiger partial charge in [0.1, 0.15) is 0 Å². The van der Waals surface area contributed by atoms with Crippen LogP contribution in [0.5, 0.6) is 0 Å². The molecule has 8 heteroatoms. The number of anilines is 2. The predicted molar refractivity (Wildman–Crippen MR) is 101 cm³/mol. The van der Waals surface area contributed by atoms with Crippen LogP contribution >= 0.6 is 11.6 Å². The minimum Gasteiger partial charge on any atom is -0.322 e. The minimum atomic E-state index is -0.570. The second kappa shape index (κ2) is 6.66. The van der Waals surface area contributed by atoms with Crippen molar-refractivity contribution >= 4 is 40.5 Å². The van der Waals surface area contributed by atoms with Gasteiger partial charge in [0.15, 0.2) is 0 Å². The van der Waals surface area contributed by atoms with Gasteiger partial charge in [-0.1, -0.05) is 17.7 Å². The Morgan fingerprint density at radius 2 is 1.96 bits per heavy atom. The van der Waals surface area contributed by atoms with Crippen LogP contribution in [0, 0.1) is 16.0 Å². The van der Waals surface area contributed by atoms with Crippen LogP contribution in [-0.2, 0) is 11.2 Å². The number of nitro groups is 1. The van der Waals surface area contributed by atoms with Crippen LogP contribution in [0.3, 0.4) is 0 Å². The SMILES string of the molecule is O=C(Nc1ccc2c(c1)N(C(=O)C1CC1)CC2)c1ccc([N+](=O)[O-])cc1Cl. The fourth-order valence-electron chi connectivity index (χ4n) is 3.24. The molecule has 1 N–H and O–H groups in total. The Labute approximate surface area is 160 Å². The molecule has 1 aliphatic carbocycles. The first-order chi connectivity index (χ1) is 12.9. The van der Waals surface area contributed by atoms with E-state index in [0.717, 1.165) is 36.6 Å². The van der Waals surface area contributed by atoms with Gasteiger partial charge >= 0.3 is 0 Å². The lowest BCUT2D eigenvalue weighted by Crippen LogP contribution is -2.30. The highest BCUT2D eigenvalue weighted by molar-refractivity contribution is 6.34. The molecule has 0 unspecified atom stereocenters. The Hall–Kier alpha value is -2.93. The summed E-state index contributed by atoms with van der Waals surface area (Å²) in [7, 11) is 0. The molecular weight excluding hydrogens is 370 g/mol. The molecule has 138 valence electrons. The number of hydrogen-bond acceptors (Lipinski definition) is 4. The van der Waals surface area contributed by atoms with E-state index in [1.165, 1.54) is 12.1 Å². The molecule has 1 fully saturated rings. The Morgan fingerprint density at radius 3 is 2.63 bits per heavy atom. The zero-order chi connectivity index (χ0) is 19.1.